The predicted octanol–water partition coefficient (Wildman–Crippen LogP) is 2.30. The number of carbonyl (C=O) groups is 2. The third kappa shape index (κ3) is 3.19. The summed E-state index contributed by atoms with van der Waals surface area (Å²) in [6.45, 7) is 1.33. The van der Waals surface area contributed by atoms with Crippen molar-refractivity contribution in [3.05, 3.63) is 58.0 Å². The van der Waals surface area contributed by atoms with Crippen LogP contribution in [0.3, 0.4) is 0 Å². The summed E-state index contributed by atoms with van der Waals surface area (Å²) in [5.41, 5.74) is 1.42. The van der Waals surface area contributed by atoms with Crippen molar-refractivity contribution in [1.29, 1.82) is 0 Å². The van der Waals surface area contributed by atoms with Gasteiger partial charge in [-0.3, -0.25) is 19.0 Å². The van der Waals surface area contributed by atoms with Gasteiger partial charge in [0.25, 0.3) is 5.56 Å². The molecule has 0 aliphatic rings. The van der Waals surface area contributed by atoms with E-state index in [4.69, 9.17) is 0 Å². The van der Waals surface area contributed by atoms with Gasteiger partial charge in [0.15, 0.2) is 5.78 Å². The number of hydrogen-bond donors (Lipinski definition) is 1. The van der Waals surface area contributed by atoms with Gasteiger partial charge in [0.1, 0.15) is 11.2 Å². The quantitative estimate of drug-likeness (QED) is 0.746. The number of fused-ring (bicyclic) bond motifs is 1. The molecule has 0 aliphatic carbocycles. The van der Waals surface area contributed by atoms with Gasteiger partial charge in [0, 0.05) is 11.3 Å². The molecule has 0 unspecified atom stereocenters. The minimum absolute atomic E-state index is 0.0790. The van der Waals surface area contributed by atoms with E-state index in [1.54, 1.807) is 35.7 Å². The molecular weight excluding hydrogens is 314 g/mol. The van der Waals surface area contributed by atoms with Crippen LogP contribution in [0.5, 0.6) is 0 Å². The van der Waals surface area contributed by atoms with Crippen LogP contribution in [-0.4, -0.2) is 21.2 Å². The lowest BCUT2D eigenvalue weighted by Gasteiger charge is -2.08. The normalized spacial score (nSPS) is 10.7. The Labute approximate surface area is 135 Å². The Balaban J connectivity index is 1.78. The van der Waals surface area contributed by atoms with Crippen LogP contribution in [0.25, 0.3) is 10.2 Å². The van der Waals surface area contributed by atoms with Crippen LogP contribution >= 0.6 is 11.3 Å². The molecule has 3 aromatic rings. The van der Waals surface area contributed by atoms with E-state index < -0.39 is 0 Å². The van der Waals surface area contributed by atoms with Crippen LogP contribution in [0.1, 0.15) is 17.3 Å². The minimum Gasteiger partial charge on any atom is -0.325 e. The van der Waals surface area contributed by atoms with Crippen molar-refractivity contribution in [2.75, 3.05) is 5.32 Å². The molecule has 2 aromatic heterocycles. The summed E-state index contributed by atoms with van der Waals surface area (Å²) in [7, 11) is 0. The van der Waals surface area contributed by atoms with Gasteiger partial charge >= 0.3 is 0 Å². The smallest absolute Gasteiger partial charge is 0.271 e. The fourth-order valence-electron chi connectivity index (χ4n) is 2.16. The molecule has 0 fully saturated rings. The average molecular weight is 327 g/mol. The molecule has 3 rings (SSSR count). The van der Waals surface area contributed by atoms with Crippen molar-refractivity contribution in [3.8, 4) is 0 Å². The summed E-state index contributed by atoms with van der Waals surface area (Å²) in [5.74, 6) is -0.435. The Bertz CT molecular complexity index is 958. The highest BCUT2D eigenvalue weighted by molar-refractivity contribution is 7.17. The monoisotopic (exact) mass is 327 g/mol. The van der Waals surface area contributed by atoms with Crippen molar-refractivity contribution < 1.29 is 9.59 Å². The fraction of sp³-hybridized carbons (Fsp3) is 0.125. The molecule has 23 heavy (non-hydrogen) atoms. The molecule has 1 N–H and O–H groups in total. The average Bonchev–Trinajstić information content (AvgIpc) is 2.99. The molecule has 0 bridgehead atoms. The summed E-state index contributed by atoms with van der Waals surface area (Å²) in [6, 6.07) is 8.42. The SMILES string of the molecule is CC(=O)c1cccc(NC(=O)Cn2cnc3ccsc3c2=O)c1. The maximum absolute atomic E-state index is 12.2. The minimum atomic E-state index is -0.356. The number of anilines is 1. The Kier molecular flexibility index (Phi) is 4.03. The lowest BCUT2D eigenvalue weighted by atomic mass is 10.1. The van der Waals surface area contributed by atoms with Crippen molar-refractivity contribution in [2.45, 2.75) is 13.5 Å². The molecular formula is C16H13N3O3S. The van der Waals surface area contributed by atoms with Crippen LogP contribution in [-0.2, 0) is 11.3 Å². The lowest BCUT2D eigenvalue weighted by molar-refractivity contribution is -0.116. The standard InChI is InChI=1S/C16H13N3O3S/c1-10(20)11-3-2-4-12(7-11)18-14(21)8-19-9-17-13-5-6-23-15(13)16(19)22/h2-7,9H,8H2,1H3,(H,18,21). The third-order valence-corrected chi connectivity index (χ3v) is 4.19. The largest absolute Gasteiger partial charge is 0.325 e. The molecule has 7 heteroatoms. The van der Waals surface area contributed by atoms with Gasteiger partial charge < -0.3 is 5.32 Å². The Morgan fingerprint density at radius 1 is 1.30 bits per heavy atom. The van der Waals surface area contributed by atoms with Gasteiger partial charge in [-0.1, -0.05) is 12.1 Å². The van der Waals surface area contributed by atoms with Crippen molar-refractivity contribution in [2.24, 2.45) is 0 Å². The van der Waals surface area contributed by atoms with Gasteiger partial charge in [-0.2, -0.15) is 0 Å². The molecule has 116 valence electrons. The lowest BCUT2D eigenvalue weighted by Crippen LogP contribution is -2.27. The van der Waals surface area contributed by atoms with Crippen LogP contribution < -0.4 is 10.9 Å². The third-order valence-electron chi connectivity index (χ3n) is 3.30. The van der Waals surface area contributed by atoms with Crippen LogP contribution in [0.4, 0.5) is 5.69 Å². The van der Waals surface area contributed by atoms with Gasteiger partial charge in [0.2, 0.25) is 5.91 Å². The number of nitrogens with zero attached hydrogens (tertiary/aromatic N) is 2. The van der Waals surface area contributed by atoms with Crippen molar-refractivity contribution >= 4 is 38.9 Å². The van der Waals surface area contributed by atoms with E-state index in [9.17, 15) is 14.4 Å². The number of ketones is 1. The first-order valence-corrected chi connectivity index (χ1v) is 7.76. The number of amides is 1. The first-order valence-electron chi connectivity index (χ1n) is 6.88. The molecule has 0 radical (unpaired) electrons. The molecule has 1 amide bonds. The van der Waals surface area contributed by atoms with E-state index in [1.807, 2.05) is 0 Å². The molecule has 0 spiro atoms. The van der Waals surface area contributed by atoms with Gasteiger partial charge in [-0.15, -0.1) is 11.3 Å². The van der Waals surface area contributed by atoms with Crippen LogP contribution in [0, 0.1) is 0 Å². The second kappa shape index (κ2) is 6.13. The van der Waals surface area contributed by atoms with E-state index in [0.29, 0.717) is 21.5 Å². The number of hydrogen-bond acceptors (Lipinski definition) is 5. The molecule has 0 saturated heterocycles. The second-order valence-electron chi connectivity index (χ2n) is 5.00. The fourth-order valence-corrected chi connectivity index (χ4v) is 2.96. The number of thiophene rings is 1. The number of aromatic nitrogens is 2. The number of nitrogens with one attached hydrogen (secondary N) is 1. The number of carbonyl (C=O) groups excluding carboxylic acids is 2. The first-order chi connectivity index (χ1) is 11.0. The highest BCUT2D eigenvalue weighted by Gasteiger charge is 2.10. The van der Waals surface area contributed by atoms with E-state index in [2.05, 4.69) is 10.3 Å². The molecule has 0 aliphatic heterocycles. The van der Waals surface area contributed by atoms with Gasteiger partial charge in [-0.25, -0.2) is 4.98 Å². The van der Waals surface area contributed by atoms with Crippen molar-refractivity contribution in [1.82, 2.24) is 9.55 Å². The summed E-state index contributed by atoms with van der Waals surface area (Å²) >= 11 is 1.30. The maximum Gasteiger partial charge on any atom is 0.271 e. The highest BCUT2D eigenvalue weighted by atomic mass is 32.1. The Morgan fingerprint density at radius 3 is 2.91 bits per heavy atom. The van der Waals surface area contributed by atoms with E-state index >= 15 is 0 Å². The predicted molar refractivity (Wildman–Crippen MR) is 89.0 cm³/mol. The summed E-state index contributed by atoms with van der Waals surface area (Å²) in [6.07, 6.45) is 1.36. The second-order valence-corrected chi connectivity index (χ2v) is 5.91. The zero-order chi connectivity index (χ0) is 16.4. The number of rotatable bonds is 4. The molecule has 0 atom stereocenters. The molecule has 6 nitrogen and oxygen atoms in total. The Hall–Kier alpha value is -2.80. The Morgan fingerprint density at radius 2 is 2.13 bits per heavy atom. The van der Waals surface area contributed by atoms with E-state index in [0.717, 1.165) is 0 Å². The number of Topliss-reactive ketones (excluding diaryl/α,β-unsaturated/α-hetero) is 1. The molecule has 0 saturated carbocycles. The van der Waals surface area contributed by atoms with Crippen LogP contribution in [0.2, 0.25) is 0 Å². The highest BCUT2D eigenvalue weighted by Crippen LogP contribution is 2.14. The first kappa shape index (κ1) is 15.1. The van der Waals surface area contributed by atoms with Gasteiger partial charge in [0.05, 0.1) is 11.8 Å². The van der Waals surface area contributed by atoms with Crippen molar-refractivity contribution in [3.63, 3.8) is 0 Å². The van der Waals surface area contributed by atoms with E-state index in [1.165, 1.54) is 29.2 Å². The van der Waals surface area contributed by atoms with Gasteiger partial charge in [-0.05, 0) is 30.5 Å². The summed E-state index contributed by atoms with van der Waals surface area (Å²) in [4.78, 5) is 39.8. The molecule has 2 heterocycles. The zero-order valence-corrected chi connectivity index (χ0v) is 13.1. The van der Waals surface area contributed by atoms with E-state index in [-0.39, 0.29) is 23.8 Å². The topological polar surface area (TPSA) is 81.1 Å². The maximum atomic E-state index is 12.2. The van der Waals surface area contributed by atoms with Crippen LogP contribution in [0.15, 0.2) is 46.8 Å². The number of benzene rings is 1. The summed E-state index contributed by atoms with van der Waals surface area (Å²) < 4.78 is 1.79. The molecule has 1 aromatic carbocycles. The zero-order valence-electron chi connectivity index (χ0n) is 12.3. The summed E-state index contributed by atoms with van der Waals surface area (Å²) in [5, 5.41) is 4.47.